The van der Waals surface area contributed by atoms with Crippen LogP contribution in [0.5, 0.6) is 0 Å². The zero-order valence-electron chi connectivity index (χ0n) is 7.82. The molecule has 19 heavy (non-hydrogen) atoms. The monoisotopic (exact) mass is 334 g/mol. The van der Waals surface area contributed by atoms with Crippen molar-refractivity contribution in [3.63, 3.8) is 0 Å². The van der Waals surface area contributed by atoms with Gasteiger partial charge >= 0.3 is 24.5 Å². The van der Waals surface area contributed by atoms with Crippen LogP contribution in [0.1, 0.15) is 0 Å². The smallest absolute Gasteiger partial charge is 0.213 e. The Balaban J connectivity index is 4.29. The third-order valence-corrected chi connectivity index (χ3v) is 1.17. The van der Waals surface area contributed by atoms with Crippen LogP contribution in [0.25, 0.3) is 0 Å². The van der Waals surface area contributed by atoms with Crippen molar-refractivity contribution in [1.29, 1.82) is 0 Å². The number of alkyl halides is 10. The molecular weight excluding hydrogens is 334 g/mol. The number of hydrogen-bond donors (Lipinski definition) is 0. The lowest BCUT2D eigenvalue weighted by Gasteiger charge is -2.19. The number of ether oxygens (including phenoxy) is 1. The van der Waals surface area contributed by atoms with Gasteiger partial charge < -0.3 is 0 Å². The predicted molar refractivity (Wildman–Crippen MR) is 33.9 cm³/mol. The van der Waals surface area contributed by atoms with Gasteiger partial charge in [-0.3, -0.25) is 0 Å². The molecule has 0 atom stereocenters. The molecule has 0 bridgehead atoms. The maximum Gasteiger partial charge on any atom is 0.529 e. The molecule has 0 aromatic rings. The first-order valence-corrected chi connectivity index (χ1v) is 4.19. The van der Waals surface area contributed by atoms with Crippen molar-refractivity contribution in [2.45, 2.75) is 24.5 Å². The van der Waals surface area contributed by atoms with Gasteiger partial charge in [-0.2, -0.15) is 17.9 Å². The van der Waals surface area contributed by atoms with E-state index in [1.807, 2.05) is 4.74 Å². The molecule has 116 valence electrons. The summed E-state index contributed by atoms with van der Waals surface area (Å²) >= 11 is -1.86. The Morgan fingerprint density at radius 2 is 1.05 bits per heavy atom. The van der Waals surface area contributed by atoms with Gasteiger partial charge in [0.2, 0.25) is 0 Å². The van der Waals surface area contributed by atoms with Gasteiger partial charge in [-0.25, -0.2) is 4.18 Å². The summed E-state index contributed by atoms with van der Waals surface area (Å²) in [4.78, 5) is 4.49. The predicted octanol–water partition coefficient (Wildman–Crippen LogP) is 3.76. The van der Waals surface area contributed by atoms with E-state index in [1.54, 1.807) is 0 Å². The molecule has 0 fully saturated rings. The average Bonchev–Trinajstić information content (AvgIpc) is 2.08. The van der Waals surface area contributed by atoms with E-state index in [0.29, 0.717) is 0 Å². The van der Waals surface area contributed by atoms with E-state index in [2.05, 4.69) is 14.0 Å². The number of hydrogen-bond acceptors (Lipinski definition) is 5. The molecule has 4 nitrogen and oxygen atoms in total. The van der Waals surface area contributed by atoms with Gasteiger partial charge in [0.1, 0.15) is 12.0 Å². The summed E-state index contributed by atoms with van der Waals surface area (Å²) in [5.74, 6) is 0. The molecule has 0 unspecified atom stereocenters. The van der Waals surface area contributed by atoms with Gasteiger partial charge in [0.25, 0.3) is 0 Å². The lowest BCUT2D eigenvalue weighted by Crippen LogP contribution is -2.36. The lowest BCUT2D eigenvalue weighted by atomic mass is 11.2. The number of halogens is 10. The molecule has 0 radical (unpaired) electrons. The third kappa shape index (κ3) is 11.0. The van der Waals surface area contributed by atoms with Crippen molar-refractivity contribution in [2.75, 3.05) is 0 Å². The first kappa shape index (κ1) is 18.5. The second kappa shape index (κ2) is 5.86. The second-order valence-corrected chi connectivity index (χ2v) is 3.05. The van der Waals surface area contributed by atoms with Gasteiger partial charge in [-0.05, 0) is 0 Å². The van der Waals surface area contributed by atoms with E-state index in [4.69, 9.17) is 0 Å². The molecule has 0 rings (SSSR count). The number of rotatable bonds is 6. The topological polar surface area (TPSA) is 36.9 Å². The quantitative estimate of drug-likeness (QED) is 0.243. The zero-order chi connectivity index (χ0) is 15.5. The van der Waals surface area contributed by atoms with Gasteiger partial charge in [0.15, 0.2) is 0 Å². The summed E-state index contributed by atoms with van der Waals surface area (Å²) in [5, 5.41) is 0. The Morgan fingerprint density at radius 1 is 0.632 bits per heavy atom. The van der Waals surface area contributed by atoms with E-state index in [-0.39, 0.29) is 0 Å². The Hall–Kier alpha value is -0.510. The second-order valence-electron chi connectivity index (χ2n) is 2.25. The summed E-state index contributed by atoms with van der Waals surface area (Å²) in [6.45, 7) is 0. The largest absolute Gasteiger partial charge is 0.529 e. The Morgan fingerprint density at radius 3 is 1.42 bits per heavy atom. The maximum atomic E-state index is 12.2. The fourth-order valence-electron chi connectivity index (χ4n) is 0.358. The van der Waals surface area contributed by atoms with Crippen molar-refractivity contribution in [2.24, 2.45) is 0 Å². The van der Waals surface area contributed by atoms with Crippen molar-refractivity contribution in [1.82, 2.24) is 0 Å². The van der Waals surface area contributed by atoms with Crippen LogP contribution in [-0.4, -0.2) is 24.5 Å². The summed E-state index contributed by atoms with van der Waals surface area (Å²) in [6.07, 6.45) is -17.1. The van der Waals surface area contributed by atoms with E-state index in [9.17, 15) is 43.9 Å². The first-order valence-electron chi connectivity index (χ1n) is 3.45. The van der Waals surface area contributed by atoms with Crippen LogP contribution in [0.4, 0.5) is 43.9 Å². The highest BCUT2D eigenvalue weighted by atomic mass is 32.2. The van der Waals surface area contributed by atoms with E-state index in [1.165, 1.54) is 0 Å². The van der Waals surface area contributed by atoms with Crippen LogP contribution in [0.2, 0.25) is 0 Å². The minimum atomic E-state index is -5.98. The maximum absolute atomic E-state index is 12.2. The Kier molecular flexibility index (Phi) is 5.70. The normalized spacial score (nSPS) is 14.8. The summed E-state index contributed by atoms with van der Waals surface area (Å²) in [5.41, 5.74) is -5.35. The molecule has 0 aliphatic carbocycles. The van der Waals surface area contributed by atoms with Gasteiger partial charge in [-0.15, -0.1) is 40.5 Å². The van der Waals surface area contributed by atoms with Crippen LogP contribution >= 0.6 is 12.0 Å². The molecule has 0 aliphatic rings. The molecule has 0 saturated heterocycles. The third-order valence-electron chi connectivity index (χ3n) is 0.703. The van der Waals surface area contributed by atoms with E-state index in [0.717, 1.165) is 0 Å². The molecule has 0 aliphatic heterocycles. The molecule has 15 heteroatoms. The van der Waals surface area contributed by atoms with Gasteiger partial charge in [-0.1, -0.05) is 0 Å². The standard InChI is InChI=1S/C4F10O4S/c5-1(6,7)15-3(11,12)16-17-4(13,14)18-19-2(8,9)10. The molecular formula is C4F10O4S. The molecule has 0 heterocycles. The SMILES string of the molecule is FC(F)(F)OC(F)(F)OOC(F)(F)OSC(F)(F)F. The van der Waals surface area contributed by atoms with Crippen LogP contribution in [0, 0.1) is 0 Å². The molecule has 0 saturated carbocycles. The fourth-order valence-corrected chi connectivity index (χ4v) is 0.578. The average molecular weight is 334 g/mol. The van der Waals surface area contributed by atoms with Crippen molar-refractivity contribution in [3.8, 4) is 0 Å². The highest BCUT2D eigenvalue weighted by Crippen LogP contribution is 2.37. The van der Waals surface area contributed by atoms with Crippen LogP contribution in [0.15, 0.2) is 0 Å². The fraction of sp³-hybridized carbons (Fsp3) is 1.00. The highest BCUT2D eigenvalue weighted by Gasteiger charge is 2.51. The van der Waals surface area contributed by atoms with Crippen molar-refractivity contribution in [3.05, 3.63) is 0 Å². The molecule has 0 N–H and O–H groups in total. The van der Waals surface area contributed by atoms with E-state index < -0.39 is 36.5 Å². The molecule has 0 amide bonds. The van der Waals surface area contributed by atoms with E-state index >= 15 is 0 Å². The van der Waals surface area contributed by atoms with Gasteiger partial charge in [0.05, 0.1) is 0 Å². The molecule has 0 spiro atoms. The van der Waals surface area contributed by atoms with Crippen molar-refractivity contribution >= 4 is 12.0 Å². The minimum absolute atomic E-state index is 1.86. The highest BCUT2D eigenvalue weighted by molar-refractivity contribution is 7.95. The zero-order valence-corrected chi connectivity index (χ0v) is 8.64. The van der Waals surface area contributed by atoms with Gasteiger partial charge in [0, 0.05) is 0 Å². The lowest BCUT2D eigenvalue weighted by molar-refractivity contribution is -0.623. The van der Waals surface area contributed by atoms with Crippen LogP contribution in [0.3, 0.4) is 0 Å². The summed E-state index contributed by atoms with van der Waals surface area (Å²) in [6, 6.07) is 0. The summed E-state index contributed by atoms with van der Waals surface area (Å²) < 4.78 is 121. The summed E-state index contributed by atoms with van der Waals surface area (Å²) in [7, 11) is 0. The van der Waals surface area contributed by atoms with Crippen LogP contribution in [-0.2, 0) is 18.7 Å². The minimum Gasteiger partial charge on any atom is -0.213 e. The first-order chi connectivity index (χ1) is 8.12. The van der Waals surface area contributed by atoms with Crippen LogP contribution < -0.4 is 0 Å². The molecule has 0 aromatic carbocycles. The molecule has 0 aromatic heterocycles. The van der Waals surface area contributed by atoms with Crippen molar-refractivity contribution < 1.29 is 62.6 Å². The Labute approximate surface area is 100 Å². The Bertz CT molecular complexity index is 286.